The van der Waals surface area contributed by atoms with Crippen molar-refractivity contribution < 1.29 is 14.4 Å². The van der Waals surface area contributed by atoms with E-state index in [1.807, 2.05) is 26.0 Å². The Kier molecular flexibility index (Phi) is 5.53. The molecule has 0 unspecified atom stereocenters. The summed E-state index contributed by atoms with van der Waals surface area (Å²) in [4.78, 5) is 37.3. The number of carbonyl (C=O) groups is 3. The first-order valence-corrected chi connectivity index (χ1v) is 8.02. The van der Waals surface area contributed by atoms with Crippen LogP contribution < -0.4 is 5.32 Å². The van der Waals surface area contributed by atoms with Gasteiger partial charge in [0.2, 0.25) is 5.91 Å². The maximum atomic E-state index is 12.2. The van der Waals surface area contributed by atoms with Gasteiger partial charge in [-0.2, -0.15) is 0 Å². The van der Waals surface area contributed by atoms with Gasteiger partial charge < -0.3 is 10.2 Å². The zero-order valence-electron chi connectivity index (χ0n) is 14.0. The van der Waals surface area contributed by atoms with Gasteiger partial charge in [-0.15, -0.1) is 0 Å². The highest BCUT2D eigenvalue weighted by Gasteiger charge is 2.25. The third-order valence-corrected chi connectivity index (χ3v) is 4.59. The molecule has 1 fully saturated rings. The summed E-state index contributed by atoms with van der Waals surface area (Å²) in [5, 5.41) is 2.68. The largest absolute Gasteiger partial charge is 0.343 e. The molecule has 5 heteroatoms. The molecule has 0 radical (unpaired) electrons. The van der Waals surface area contributed by atoms with Crippen LogP contribution in [0.1, 0.15) is 41.3 Å². The molecular weight excluding hydrogens is 292 g/mol. The van der Waals surface area contributed by atoms with Gasteiger partial charge in [0.1, 0.15) is 5.78 Å². The summed E-state index contributed by atoms with van der Waals surface area (Å²) in [5.74, 6) is -0.0615. The van der Waals surface area contributed by atoms with Crippen LogP contribution in [0.4, 0.5) is 0 Å². The van der Waals surface area contributed by atoms with E-state index < -0.39 is 0 Å². The second-order valence-corrected chi connectivity index (χ2v) is 6.25. The van der Waals surface area contributed by atoms with E-state index in [9.17, 15) is 14.4 Å². The van der Waals surface area contributed by atoms with Crippen molar-refractivity contribution in [3.05, 3.63) is 34.9 Å². The van der Waals surface area contributed by atoms with Gasteiger partial charge in [0.25, 0.3) is 5.91 Å². The molecule has 2 rings (SSSR count). The van der Waals surface area contributed by atoms with Crippen LogP contribution in [0.3, 0.4) is 0 Å². The lowest BCUT2D eigenvalue weighted by Gasteiger charge is -2.30. The molecule has 0 aliphatic carbocycles. The monoisotopic (exact) mass is 316 g/mol. The van der Waals surface area contributed by atoms with Gasteiger partial charge >= 0.3 is 0 Å². The summed E-state index contributed by atoms with van der Waals surface area (Å²) < 4.78 is 0. The van der Waals surface area contributed by atoms with Crippen LogP contribution in [0.5, 0.6) is 0 Å². The van der Waals surface area contributed by atoms with Gasteiger partial charge in [-0.25, -0.2) is 0 Å². The lowest BCUT2D eigenvalue weighted by atomic mass is 9.93. The molecule has 0 aromatic heterocycles. The predicted molar refractivity (Wildman–Crippen MR) is 88.2 cm³/mol. The quantitative estimate of drug-likeness (QED) is 0.922. The number of ketones is 1. The minimum absolute atomic E-state index is 0.00348. The second kappa shape index (κ2) is 7.40. The van der Waals surface area contributed by atoms with Crippen LogP contribution in [-0.4, -0.2) is 42.1 Å². The number of nitrogens with zero attached hydrogens (tertiary/aromatic N) is 1. The van der Waals surface area contributed by atoms with Gasteiger partial charge in [0.15, 0.2) is 0 Å². The Balaban J connectivity index is 1.83. The fourth-order valence-corrected chi connectivity index (χ4v) is 2.79. The van der Waals surface area contributed by atoms with Crippen LogP contribution in [0.15, 0.2) is 18.2 Å². The lowest BCUT2D eigenvalue weighted by molar-refractivity contribution is -0.133. The fraction of sp³-hybridized carbons (Fsp3) is 0.500. The van der Waals surface area contributed by atoms with Gasteiger partial charge in [0, 0.05) is 24.6 Å². The van der Waals surface area contributed by atoms with Crippen LogP contribution in [0.2, 0.25) is 0 Å². The number of benzene rings is 1. The molecule has 5 nitrogen and oxygen atoms in total. The zero-order chi connectivity index (χ0) is 17.0. The minimum atomic E-state index is -0.236. The topological polar surface area (TPSA) is 66.5 Å². The molecular formula is C18H24N2O3. The van der Waals surface area contributed by atoms with Crippen molar-refractivity contribution in [1.29, 1.82) is 0 Å². The molecule has 1 aliphatic heterocycles. The van der Waals surface area contributed by atoms with Gasteiger partial charge in [-0.05, 0) is 56.9 Å². The van der Waals surface area contributed by atoms with Crippen molar-refractivity contribution in [2.45, 2.75) is 33.6 Å². The van der Waals surface area contributed by atoms with Crippen molar-refractivity contribution in [3.63, 3.8) is 0 Å². The van der Waals surface area contributed by atoms with E-state index in [1.54, 1.807) is 17.9 Å². The highest BCUT2D eigenvalue weighted by Crippen LogP contribution is 2.17. The number of hydrogen-bond donors (Lipinski definition) is 1. The van der Waals surface area contributed by atoms with E-state index in [0.29, 0.717) is 31.5 Å². The van der Waals surface area contributed by atoms with Crippen LogP contribution >= 0.6 is 0 Å². The van der Waals surface area contributed by atoms with E-state index in [-0.39, 0.29) is 30.1 Å². The number of likely N-dealkylation sites (tertiary alicyclic amines) is 1. The SMILES string of the molecule is CC(=O)C1CCN(C(=O)CNC(=O)c2ccc(C)c(C)c2)CC1. The lowest BCUT2D eigenvalue weighted by Crippen LogP contribution is -2.44. The smallest absolute Gasteiger partial charge is 0.251 e. The van der Waals surface area contributed by atoms with Crippen molar-refractivity contribution >= 4 is 17.6 Å². The standard InChI is InChI=1S/C18H24N2O3/c1-12-4-5-16(10-13(12)2)18(23)19-11-17(22)20-8-6-15(7-9-20)14(3)21/h4-5,10,15H,6-9,11H2,1-3H3,(H,19,23). The molecule has 1 saturated heterocycles. The maximum absolute atomic E-state index is 12.2. The Morgan fingerprint density at radius 3 is 2.35 bits per heavy atom. The summed E-state index contributed by atoms with van der Waals surface area (Å²) in [6.45, 7) is 6.72. The Morgan fingerprint density at radius 2 is 1.78 bits per heavy atom. The van der Waals surface area contributed by atoms with Gasteiger partial charge in [0.05, 0.1) is 6.54 Å². The molecule has 1 heterocycles. The normalized spacial score (nSPS) is 15.3. The molecule has 2 amide bonds. The second-order valence-electron chi connectivity index (χ2n) is 6.25. The third kappa shape index (κ3) is 4.41. The first-order chi connectivity index (χ1) is 10.9. The Bertz CT molecular complexity index is 617. The van der Waals surface area contributed by atoms with E-state index in [2.05, 4.69) is 5.32 Å². The molecule has 1 aromatic rings. The molecule has 23 heavy (non-hydrogen) atoms. The summed E-state index contributed by atoms with van der Waals surface area (Å²) in [7, 11) is 0. The minimum Gasteiger partial charge on any atom is -0.343 e. The van der Waals surface area contributed by atoms with E-state index in [1.165, 1.54) is 0 Å². The van der Waals surface area contributed by atoms with Crippen LogP contribution in [-0.2, 0) is 9.59 Å². The van der Waals surface area contributed by atoms with Gasteiger partial charge in [-0.3, -0.25) is 14.4 Å². The maximum Gasteiger partial charge on any atom is 0.251 e. The predicted octanol–water partition coefficient (Wildman–Crippen LogP) is 1.86. The highest BCUT2D eigenvalue weighted by molar-refractivity contribution is 5.96. The summed E-state index contributed by atoms with van der Waals surface area (Å²) in [5.41, 5.74) is 2.75. The Hall–Kier alpha value is -2.17. The molecule has 0 atom stereocenters. The third-order valence-electron chi connectivity index (χ3n) is 4.59. The fourth-order valence-electron chi connectivity index (χ4n) is 2.79. The molecule has 1 aromatic carbocycles. The van der Waals surface area contributed by atoms with E-state index in [0.717, 1.165) is 11.1 Å². The molecule has 0 spiro atoms. The number of carbonyl (C=O) groups excluding carboxylic acids is 3. The average Bonchev–Trinajstić information content (AvgIpc) is 2.54. The Morgan fingerprint density at radius 1 is 1.13 bits per heavy atom. The molecule has 0 bridgehead atoms. The first-order valence-electron chi connectivity index (χ1n) is 8.02. The Labute approximate surface area is 137 Å². The van der Waals surface area contributed by atoms with Crippen molar-refractivity contribution in [2.24, 2.45) is 5.92 Å². The van der Waals surface area contributed by atoms with Crippen molar-refractivity contribution in [3.8, 4) is 0 Å². The molecule has 0 saturated carbocycles. The highest BCUT2D eigenvalue weighted by atomic mass is 16.2. The van der Waals surface area contributed by atoms with Crippen molar-refractivity contribution in [2.75, 3.05) is 19.6 Å². The van der Waals surface area contributed by atoms with Crippen molar-refractivity contribution in [1.82, 2.24) is 10.2 Å². The summed E-state index contributed by atoms with van der Waals surface area (Å²) >= 11 is 0. The first kappa shape index (κ1) is 17.2. The molecule has 124 valence electrons. The van der Waals surface area contributed by atoms with E-state index in [4.69, 9.17) is 0 Å². The zero-order valence-corrected chi connectivity index (χ0v) is 14.0. The van der Waals surface area contributed by atoms with Crippen LogP contribution in [0, 0.1) is 19.8 Å². The number of amides is 2. The van der Waals surface area contributed by atoms with Crippen LogP contribution in [0.25, 0.3) is 0 Å². The number of piperidine rings is 1. The van der Waals surface area contributed by atoms with Gasteiger partial charge in [-0.1, -0.05) is 6.07 Å². The average molecular weight is 316 g/mol. The number of aryl methyl sites for hydroxylation is 2. The number of Topliss-reactive ketones (excluding diaryl/α,β-unsaturated/α-hetero) is 1. The number of nitrogens with one attached hydrogen (secondary N) is 1. The summed E-state index contributed by atoms with van der Waals surface area (Å²) in [6, 6.07) is 5.49. The van der Waals surface area contributed by atoms with E-state index >= 15 is 0 Å². The number of hydrogen-bond acceptors (Lipinski definition) is 3. The molecule has 1 aliphatic rings. The summed E-state index contributed by atoms with van der Waals surface area (Å²) in [6.07, 6.45) is 1.43. The number of rotatable bonds is 4. The molecule has 1 N–H and O–H groups in total.